The van der Waals surface area contributed by atoms with Crippen LogP contribution in [0.2, 0.25) is 5.02 Å². The fourth-order valence-electron chi connectivity index (χ4n) is 4.34. The Balaban J connectivity index is 0.000000591. The molecule has 10 nitrogen and oxygen atoms in total. The summed E-state index contributed by atoms with van der Waals surface area (Å²) in [5.41, 5.74) is 2.70. The smallest absolute Gasteiger partial charge is 0.475 e. The normalized spacial score (nSPS) is 17.7. The average molecular weight is 663 g/mol. The molecular formula is C30H30ClF3N6O4S. The zero-order valence-electron chi connectivity index (χ0n) is 24.1. The van der Waals surface area contributed by atoms with Gasteiger partial charge in [0.2, 0.25) is 0 Å². The van der Waals surface area contributed by atoms with E-state index < -0.39 is 12.1 Å². The van der Waals surface area contributed by atoms with E-state index in [9.17, 15) is 22.8 Å². The predicted molar refractivity (Wildman–Crippen MR) is 169 cm³/mol. The van der Waals surface area contributed by atoms with E-state index in [2.05, 4.69) is 37.5 Å². The molecule has 2 saturated heterocycles. The third-order valence-electron chi connectivity index (χ3n) is 6.78. The maximum Gasteiger partial charge on any atom is 0.490 e. The number of nitrogens with one attached hydrogen (secondary N) is 2. The molecule has 3 aromatic rings. The molecule has 2 aliphatic heterocycles. The second kappa shape index (κ2) is 15.3. The van der Waals surface area contributed by atoms with Gasteiger partial charge >= 0.3 is 12.1 Å². The van der Waals surface area contributed by atoms with Crippen LogP contribution in [-0.2, 0) is 9.59 Å². The molecule has 15 heteroatoms. The van der Waals surface area contributed by atoms with Gasteiger partial charge in [-0.1, -0.05) is 23.7 Å². The predicted octanol–water partition coefficient (Wildman–Crippen LogP) is 4.78. The Hall–Kier alpha value is -3.98. The summed E-state index contributed by atoms with van der Waals surface area (Å²) in [6.07, 6.45) is -0.616. The van der Waals surface area contributed by atoms with E-state index in [0.717, 1.165) is 55.6 Å². The SMILES string of the molecule is CN1CCN(CCCNC(=O)c2ccc(Cl)c(N=C3NC(=O)C(=Cc4ccc5ncccc5c4)S3)c2)CC1.O=C(O)C(F)(F)F. The number of hydrogen-bond acceptors (Lipinski definition) is 8. The number of rotatable bonds is 7. The fraction of sp³-hybridized carbons (Fsp3) is 0.300. The summed E-state index contributed by atoms with van der Waals surface area (Å²) in [4.78, 5) is 48.3. The Kier molecular flexibility index (Phi) is 11.6. The number of nitrogens with zero attached hydrogens (tertiary/aromatic N) is 4. The Morgan fingerprint density at radius 3 is 2.60 bits per heavy atom. The summed E-state index contributed by atoms with van der Waals surface area (Å²) in [5.74, 6) is -3.16. The first-order valence-corrected chi connectivity index (χ1v) is 15.0. The Labute approximate surface area is 266 Å². The summed E-state index contributed by atoms with van der Waals surface area (Å²) in [5, 5.41) is 14.7. The van der Waals surface area contributed by atoms with Crippen molar-refractivity contribution in [3.05, 3.63) is 75.8 Å². The van der Waals surface area contributed by atoms with E-state index in [-0.39, 0.29) is 11.8 Å². The summed E-state index contributed by atoms with van der Waals surface area (Å²) >= 11 is 7.61. The number of thioether (sulfide) groups is 1. The number of carboxylic acids is 1. The quantitative estimate of drug-likeness (QED) is 0.244. The van der Waals surface area contributed by atoms with Crippen molar-refractivity contribution in [3.63, 3.8) is 0 Å². The van der Waals surface area contributed by atoms with E-state index in [4.69, 9.17) is 21.5 Å². The van der Waals surface area contributed by atoms with E-state index >= 15 is 0 Å². The monoisotopic (exact) mass is 662 g/mol. The minimum absolute atomic E-state index is 0.170. The van der Waals surface area contributed by atoms with Gasteiger partial charge in [0.25, 0.3) is 11.8 Å². The van der Waals surface area contributed by atoms with Crippen LogP contribution in [0, 0.1) is 0 Å². The molecule has 2 aliphatic rings. The molecule has 0 bridgehead atoms. The highest BCUT2D eigenvalue weighted by Crippen LogP contribution is 2.32. The number of aromatic nitrogens is 1. The number of carbonyl (C=O) groups is 3. The second-order valence-corrected chi connectivity index (χ2v) is 11.6. The molecule has 0 unspecified atom stereocenters. The first kappa shape index (κ1) is 33.9. The highest BCUT2D eigenvalue weighted by atomic mass is 35.5. The number of amidine groups is 1. The largest absolute Gasteiger partial charge is 0.490 e. The summed E-state index contributed by atoms with van der Waals surface area (Å²) in [6, 6.07) is 14.7. The maximum absolute atomic E-state index is 12.7. The first-order valence-electron chi connectivity index (χ1n) is 13.8. The molecule has 3 heterocycles. The zero-order valence-corrected chi connectivity index (χ0v) is 25.7. The molecule has 0 saturated carbocycles. The minimum Gasteiger partial charge on any atom is -0.475 e. The van der Waals surface area contributed by atoms with Crippen LogP contribution in [0.4, 0.5) is 18.9 Å². The van der Waals surface area contributed by atoms with Gasteiger partial charge in [-0.3, -0.25) is 14.6 Å². The minimum atomic E-state index is -5.08. The van der Waals surface area contributed by atoms with Crippen molar-refractivity contribution in [3.8, 4) is 0 Å². The van der Waals surface area contributed by atoms with Gasteiger partial charge in [-0.15, -0.1) is 0 Å². The third-order valence-corrected chi connectivity index (χ3v) is 8.01. The summed E-state index contributed by atoms with van der Waals surface area (Å²) in [7, 11) is 2.14. The maximum atomic E-state index is 12.7. The lowest BCUT2D eigenvalue weighted by Gasteiger charge is -2.32. The number of carboxylic acid groups (broad SMARTS) is 1. The van der Waals surface area contributed by atoms with Crippen LogP contribution in [0.15, 0.2) is 64.6 Å². The number of aliphatic carboxylic acids is 1. The Bertz CT molecular complexity index is 1630. The third kappa shape index (κ3) is 10.0. The molecule has 0 radical (unpaired) electrons. The molecule has 0 aliphatic carbocycles. The molecule has 3 N–H and O–H groups in total. The van der Waals surface area contributed by atoms with Gasteiger partial charge in [-0.05, 0) is 79.8 Å². The average Bonchev–Trinajstić information content (AvgIpc) is 3.34. The highest BCUT2D eigenvalue weighted by Gasteiger charge is 2.38. The van der Waals surface area contributed by atoms with E-state index in [1.807, 2.05) is 36.4 Å². The van der Waals surface area contributed by atoms with Crippen molar-refractivity contribution in [2.24, 2.45) is 4.99 Å². The van der Waals surface area contributed by atoms with Gasteiger partial charge in [-0.2, -0.15) is 13.2 Å². The van der Waals surface area contributed by atoms with Crippen LogP contribution in [0.3, 0.4) is 0 Å². The van der Waals surface area contributed by atoms with Crippen molar-refractivity contribution in [1.29, 1.82) is 0 Å². The number of hydrogen-bond donors (Lipinski definition) is 3. The fourth-order valence-corrected chi connectivity index (χ4v) is 5.34. The van der Waals surface area contributed by atoms with Crippen LogP contribution < -0.4 is 10.6 Å². The number of benzene rings is 2. The number of carbonyl (C=O) groups excluding carboxylic acids is 2. The number of fused-ring (bicyclic) bond motifs is 1. The second-order valence-electron chi connectivity index (χ2n) is 10.2. The van der Waals surface area contributed by atoms with Crippen molar-refractivity contribution in [2.45, 2.75) is 12.6 Å². The molecule has 2 fully saturated rings. The van der Waals surface area contributed by atoms with Gasteiger partial charge in [-0.25, -0.2) is 9.79 Å². The van der Waals surface area contributed by atoms with Gasteiger partial charge in [0.1, 0.15) is 0 Å². The lowest BCUT2D eigenvalue weighted by Crippen LogP contribution is -2.45. The molecule has 238 valence electrons. The zero-order chi connectivity index (χ0) is 32.6. The molecule has 2 amide bonds. The number of amides is 2. The number of piperazine rings is 1. The molecular weight excluding hydrogens is 633 g/mol. The van der Waals surface area contributed by atoms with Crippen LogP contribution in [-0.4, -0.2) is 95.3 Å². The first-order chi connectivity index (χ1) is 21.4. The number of halogens is 4. The van der Waals surface area contributed by atoms with E-state index in [1.165, 1.54) is 11.8 Å². The number of likely N-dealkylation sites (N-methyl/N-ethyl adjacent to an activating group) is 1. The van der Waals surface area contributed by atoms with E-state index in [1.54, 1.807) is 24.4 Å². The van der Waals surface area contributed by atoms with Gasteiger partial charge in [0.15, 0.2) is 5.17 Å². The van der Waals surface area contributed by atoms with Crippen LogP contribution in [0.1, 0.15) is 22.3 Å². The topological polar surface area (TPSA) is 127 Å². The standard InChI is InChI=1S/C28H29ClN6O2S.C2HF3O2/c1-34-12-14-35(15-13-34)11-3-10-31-26(36)21-6-7-22(29)24(18-21)32-28-33-27(37)25(38-28)17-19-5-8-23-20(16-19)4-2-9-30-23;3-2(4,5)1(6)7/h2,4-9,16-18H,3,10-15H2,1H3,(H,31,36)(H,32,33,37);(H,6,7). The molecule has 45 heavy (non-hydrogen) atoms. The van der Waals surface area contributed by atoms with Crippen molar-refractivity contribution < 1.29 is 32.7 Å². The Morgan fingerprint density at radius 1 is 1.16 bits per heavy atom. The highest BCUT2D eigenvalue weighted by molar-refractivity contribution is 8.18. The summed E-state index contributed by atoms with van der Waals surface area (Å²) in [6.45, 7) is 5.87. The van der Waals surface area contributed by atoms with Gasteiger partial charge in [0.05, 0.1) is 21.1 Å². The summed E-state index contributed by atoms with van der Waals surface area (Å²) < 4.78 is 31.7. The molecule has 1 aromatic heterocycles. The molecule has 5 rings (SSSR count). The molecule has 0 spiro atoms. The van der Waals surface area contributed by atoms with Crippen molar-refractivity contribution in [1.82, 2.24) is 25.4 Å². The van der Waals surface area contributed by atoms with Crippen molar-refractivity contribution in [2.75, 3.05) is 46.3 Å². The van der Waals surface area contributed by atoms with Crippen LogP contribution in [0.5, 0.6) is 0 Å². The van der Waals surface area contributed by atoms with Crippen molar-refractivity contribution >= 4 is 69.0 Å². The number of alkyl halides is 3. The van der Waals surface area contributed by atoms with Crippen LogP contribution >= 0.6 is 23.4 Å². The number of pyridine rings is 1. The van der Waals surface area contributed by atoms with Gasteiger partial charge in [0, 0.05) is 49.9 Å². The lowest BCUT2D eigenvalue weighted by atomic mass is 10.1. The molecule has 0 atom stereocenters. The van der Waals surface area contributed by atoms with Gasteiger partial charge < -0.3 is 25.5 Å². The lowest BCUT2D eigenvalue weighted by molar-refractivity contribution is -0.192. The number of aliphatic imine (C=N–C) groups is 1. The van der Waals surface area contributed by atoms with E-state index in [0.29, 0.717) is 32.9 Å². The molecule has 2 aromatic carbocycles. The Morgan fingerprint density at radius 2 is 1.89 bits per heavy atom. The van der Waals surface area contributed by atoms with Crippen LogP contribution in [0.25, 0.3) is 17.0 Å².